The van der Waals surface area contributed by atoms with E-state index in [-0.39, 0.29) is 0 Å². The monoisotopic (exact) mass is 312 g/mol. The molecule has 1 heterocycles. The van der Waals surface area contributed by atoms with Gasteiger partial charge in [-0.25, -0.2) is 4.79 Å². The normalized spacial score (nSPS) is 19.8. The quantitative estimate of drug-likeness (QED) is 0.932. The number of halogens is 1. The fourth-order valence-electron chi connectivity index (χ4n) is 2.08. The van der Waals surface area contributed by atoms with E-state index < -0.39 is 6.09 Å². The Morgan fingerprint density at radius 1 is 1.61 bits per heavy atom. The maximum atomic E-state index is 11.6. The van der Waals surface area contributed by atoms with Gasteiger partial charge in [-0.1, -0.05) is 22.0 Å². The number of likely N-dealkylation sites (N-methyl/N-ethyl adjacent to an activating group) is 1. The Labute approximate surface area is 115 Å². The summed E-state index contributed by atoms with van der Waals surface area (Å²) < 4.78 is 6.16. The number of ether oxygens (including phenoxy) is 1. The molecule has 1 aliphatic rings. The molecule has 0 saturated carbocycles. The van der Waals surface area contributed by atoms with Gasteiger partial charge in [-0.2, -0.15) is 0 Å². The predicted molar refractivity (Wildman–Crippen MR) is 74.8 cm³/mol. The second-order valence-corrected chi connectivity index (χ2v) is 5.43. The lowest BCUT2D eigenvalue weighted by Crippen LogP contribution is -2.31. The second kappa shape index (κ2) is 6.20. The summed E-state index contributed by atoms with van der Waals surface area (Å²) in [4.78, 5) is 13.8. The molecule has 5 heteroatoms. The van der Waals surface area contributed by atoms with Gasteiger partial charge in [0, 0.05) is 16.2 Å². The molecular weight excluding hydrogens is 296 g/mol. The van der Waals surface area contributed by atoms with Gasteiger partial charge >= 0.3 is 6.09 Å². The summed E-state index contributed by atoms with van der Waals surface area (Å²) in [5, 5.41) is 2.71. The predicted octanol–water partition coefficient (Wildman–Crippen LogP) is 3.09. The molecule has 0 aromatic heterocycles. The Bertz CT molecular complexity index is 425. The van der Waals surface area contributed by atoms with Crippen LogP contribution < -0.4 is 5.32 Å². The average Bonchev–Trinajstić information content (AvgIpc) is 2.72. The molecule has 1 atom stereocenters. The van der Waals surface area contributed by atoms with Crippen molar-refractivity contribution in [3.8, 4) is 0 Å². The molecule has 0 spiro atoms. The van der Waals surface area contributed by atoms with Gasteiger partial charge in [-0.15, -0.1) is 0 Å². The van der Waals surface area contributed by atoms with Crippen molar-refractivity contribution in [3.63, 3.8) is 0 Å². The van der Waals surface area contributed by atoms with Crippen LogP contribution >= 0.6 is 15.9 Å². The summed E-state index contributed by atoms with van der Waals surface area (Å²) in [6.45, 7) is 1.54. The van der Waals surface area contributed by atoms with E-state index in [0.717, 1.165) is 23.1 Å². The summed E-state index contributed by atoms with van der Waals surface area (Å²) in [6.07, 6.45) is 1.88. The first-order valence-electron chi connectivity index (χ1n) is 6.05. The Morgan fingerprint density at radius 3 is 3.11 bits per heavy atom. The summed E-state index contributed by atoms with van der Waals surface area (Å²) in [7, 11) is 2.06. The third-order valence-electron chi connectivity index (χ3n) is 3.15. The molecule has 4 nitrogen and oxygen atoms in total. The van der Waals surface area contributed by atoms with E-state index in [1.165, 1.54) is 6.42 Å². The summed E-state index contributed by atoms with van der Waals surface area (Å²) in [6, 6.07) is 7.80. The molecule has 1 amide bonds. The zero-order chi connectivity index (χ0) is 13.0. The largest absolute Gasteiger partial charge is 0.448 e. The maximum Gasteiger partial charge on any atom is 0.411 e. The topological polar surface area (TPSA) is 41.6 Å². The molecule has 0 radical (unpaired) electrons. The van der Waals surface area contributed by atoms with Crippen molar-refractivity contribution in [1.29, 1.82) is 0 Å². The second-order valence-electron chi connectivity index (χ2n) is 4.51. The first-order chi connectivity index (χ1) is 8.65. The number of hydrogen-bond donors (Lipinski definition) is 1. The summed E-state index contributed by atoms with van der Waals surface area (Å²) in [5.74, 6) is 0. The first kappa shape index (κ1) is 13.4. The number of nitrogens with zero attached hydrogens (tertiary/aromatic N) is 1. The number of nitrogens with one attached hydrogen (secondary N) is 1. The lowest BCUT2D eigenvalue weighted by Gasteiger charge is -2.19. The zero-order valence-electron chi connectivity index (χ0n) is 10.4. The van der Waals surface area contributed by atoms with Crippen molar-refractivity contribution in [1.82, 2.24) is 4.90 Å². The number of anilines is 1. The van der Waals surface area contributed by atoms with Crippen LogP contribution in [-0.2, 0) is 4.74 Å². The number of rotatable bonds is 3. The van der Waals surface area contributed by atoms with Crippen molar-refractivity contribution in [2.45, 2.75) is 18.9 Å². The van der Waals surface area contributed by atoms with Gasteiger partial charge in [0.2, 0.25) is 0 Å². The Kier molecular flexibility index (Phi) is 4.60. The van der Waals surface area contributed by atoms with Gasteiger partial charge in [-0.05, 0) is 44.6 Å². The summed E-state index contributed by atoms with van der Waals surface area (Å²) in [5.41, 5.74) is 0.731. The van der Waals surface area contributed by atoms with Crippen LogP contribution in [-0.4, -0.2) is 37.2 Å². The van der Waals surface area contributed by atoms with Crippen molar-refractivity contribution in [2.24, 2.45) is 0 Å². The molecule has 98 valence electrons. The molecule has 1 N–H and O–H groups in total. The molecule has 1 aromatic carbocycles. The molecule has 1 saturated heterocycles. The number of carbonyl (C=O) groups excluding carboxylic acids is 1. The molecule has 1 aromatic rings. The fraction of sp³-hybridized carbons (Fsp3) is 0.462. The molecule has 1 fully saturated rings. The van der Waals surface area contributed by atoms with E-state index in [9.17, 15) is 4.79 Å². The first-order valence-corrected chi connectivity index (χ1v) is 6.84. The van der Waals surface area contributed by atoms with E-state index >= 15 is 0 Å². The number of benzene rings is 1. The van der Waals surface area contributed by atoms with Crippen molar-refractivity contribution in [2.75, 3.05) is 25.5 Å². The van der Waals surface area contributed by atoms with Crippen LogP contribution in [0.15, 0.2) is 28.7 Å². The molecule has 0 bridgehead atoms. The third kappa shape index (κ3) is 3.71. The highest BCUT2D eigenvalue weighted by Gasteiger charge is 2.22. The highest BCUT2D eigenvalue weighted by Crippen LogP contribution is 2.17. The van der Waals surface area contributed by atoms with Crippen molar-refractivity contribution in [3.05, 3.63) is 28.7 Å². The Balaban J connectivity index is 1.78. The lowest BCUT2D eigenvalue weighted by molar-refractivity contribution is 0.127. The molecular formula is C13H17BrN2O2. The van der Waals surface area contributed by atoms with Crippen molar-refractivity contribution < 1.29 is 9.53 Å². The van der Waals surface area contributed by atoms with Gasteiger partial charge < -0.3 is 9.64 Å². The van der Waals surface area contributed by atoms with Crippen LogP contribution in [0.5, 0.6) is 0 Å². The van der Waals surface area contributed by atoms with Crippen LogP contribution in [0.3, 0.4) is 0 Å². The van der Waals surface area contributed by atoms with Gasteiger partial charge in [-0.3, -0.25) is 5.32 Å². The lowest BCUT2D eigenvalue weighted by atomic mass is 10.2. The highest BCUT2D eigenvalue weighted by molar-refractivity contribution is 9.10. The van der Waals surface area contributed by atoms with Crippen LogP contribution in [0.25, 0.3) is 0 Å². The van der Waals surface area contributed by atoms with Crippen molar-refractivity contribution >= 4 is 27.7 Å². The van der Waals surface area contributed by atoms with Crippen LogP contribution in [0.2, 0.25) is 0 Å². The molecule has 0 aliphatic carbocycles. The van der Waals surface area contributed by atoms with Gasteiger partial charge in [0.1, 0.15) is 6.61 Å². The number of carbonyl (C=O) groups is 1. The number of amides is 1. The van der Waals surface area contributed by atoms with E-state index in [4.69, 9.17) is 4.74 Å². The Morgan fingerprint density at radius 2 is 2.44 bits per heavy atom. The SMILES string of the molecule is CN1CCC[C@H]1COC(=O)Nc1cccc(Br)c1. The molecule has 1 aliphatic heterocycles. The minimum absolute atomic E-state index is 0.359. The average molecular weight is 313 g/mol. The van der Waals surface area contributed by atoms with Crippen LogP contribution in [0.4, 0.5) is 10.5 Å². The summed E-state index contributed by atoms with van der Waals surface area (Å²) >= 11 is 3.35. The zero-order valence-corrected chi connectivity index (χ0v) is 11.9. The number of likely N-dealkylation sites (tertiary alicyclic amines) is 1. The van der Waals surface area contributed by atoms with E-state index in [0.29, 0.717) is 12.6 Å². The standard InChI is InChI=1S/C13H17BrN2O2/c1-16-7-3-6-12(16)9-18-13(17)15-11-5-2-4-10(14)8-11/h2,4-5,8,12H,3,6-7,9H2,1H3,(H,15,17)/t12-/m0/s1. The Hall–Kier alpha value is -1.07. The fourth-order valence-corrected chi connectivity index (χ4v) is 2.48. The van der Waals surface area contributed by atoms with Crippen LogP contribution in [0.1, 0.15) is 12.8 Å². The maximum absolute atomic E-state index is 11.6. The molecule has 2 rings (SSSR count). The van der Waals surface area contributed by atoms with Gasteiger partial charge in [0.25, 0.3) is 0 Å². The minimum atomic E-state index is -0.395. The smallest absolute Gasteiger partial charge is 0.411 e. The van der Waals surface area contributed by atoms with Gasteiger partial charge in [0.15, 0.2) is 0 Å². The molecule has 0 unspecified atom stereocenters. The highest BCUT2D eigenvalue weighted by atomic mass is 79.9. The van der Waals surface area contributed by atoms with E-state index in [2.05, 4.69) is 33.2 Å². The van der Waals surface area contributed by atoms with Crippen LogP contribution in [0, 0.1) is 0 Å². The number of hydrogen-bond acceptors (Lipinski definition) is 3. The minimum Gasteiger partial charge on any atom is -0.448 e. The third-order valence-corrected chi connectivity index (χ3v) is 3.64. The molecule has 18 heavy (non-hydrogen) atoms. The van der Waals surface area contributed by atoms with E-state index in [1.54, 1.807) is 0 Å². The van der Waals surface area contributed by atoms with Gasteiger partial charge in [0.05, 0.1) is 0 Å². The van der Waals surface area contributed by atoms with E-state index in [1.807, 2.05) is 24.3 Å².